The van der Waals surface area contributed by atoms with Crippen molar-refractivity contribution in [2.24, 2.45) is 0 Å². The summed E-state index contributed by atoms with van der Waals surface area (Å²) in [5, 5.41) is 11.0. The molecule has 0 aromatic heterocycles. The van der Waals surface area contributed by atoms with E-state index in [0.29, 0.717) is 17.0 Å². The van der Waals surface area contributed by atoms with Gasteiger partial charge in [0.05, 0.1) is 4.92 Å². The molecule has 0 atom stereocenters. The van der Waals surface area contributed by atoms with Crippen LogP contribution in [0.4, 0.5) is 11.4 Å². The number of rotatable bonds is 2. The number of fused-ring (bicyclic) bond motifs is 1. The molecule has 6 nitrogen and oxygen atoms in total. The van der Waals surface area contributed by atoms with Crippen LogP contribution in [-0.2, 0) is 0 Å². The van der Waals surface area contributed by atoms with Crippen molar-refractivity contribution in [3.63, 3.8) is 0 Å². The lowest BCUT2D eigenvalue weighted by molar-refractivity contribution is -0.385. The molecular formula is C13H10N2O4. The first kappa shape index (κ1) is 11.3. The Kier molecular flexibility index (Phi) is 2.49. The lowest BCUT2D eigenvalue weighted by Crippen LogP contribution is -1.95. The van der Waals surface area contributed by atoms with Gasteiger partial charge in [-0.15, -0.1) is 0 Å². The van der Waals surface area contributed by atoms with Crippen LogP contribution in [0.5, 0.6) is 11.5 Å². The number of anilines is 1. The molecular weight excluding hydrogens is 248 g/mol. The number of ether oxygens (including phenoxy) is 2. The normalized spacial score (nSPS) is 12.4. The summed E-state index contributed by atoms with van der Waals surface area (Å²) in [6, 6.07) is 10.3. The highest BCUT2D eigenvalue weighted by Crippen LogP contribution is 2.43. The molecule has 0 amide bonds. The molecule has 0 radical (unpaired) electrons. The predicted molar refractivity (Wildman–Crippen MR) is 69.1 cm³/mol. The third-order valence-electron chi connectivity index (χ3n) is 2.89. The molecule has 0 fully saturated rings. The maximum Gasteiger partial charge on any atom is 0.315 e. The van der Waals surface area contributed by atoms with Crippen LogP contribution in [0.3, 0.4) is 0 Å². The summed E-state index contributed by atoms with van der Waals surface area (Å²) in [6.45, 7) is 0.00135. The molecule has 0 saturated carbocycles. The van der Waals surface area contributed by atoms with E-state index in [1.807, 2.05) is 0 Å². The lowest BCUT2D eigenvalue weighted by Gasteiger charge is -2.05. The van der Waals surface area contributed by atoms with E-state index >= 15 is 0 Å². The highest BCUT2D eigenvalue weighted by atomic mass is 16.7. The van der Waals surface area contributed by atoms with E-state index < -0.39 is 4.92 Å². The summed E-state index contributed by atoms with van der Waals surface area (Å²) in [7, 11) is 0. The minimum Gasteiger partial charge on any atom is -0.453 e. The molecule has 0 aliphatic carbocycles. The Bertz CT molecular complexity index is 652. The number of hydrogen-bond donors (Lipinski definition) is 1. The molecule has 2 N–H and O–H groups in total. The zero-order chi connectivity index (χ0) is 13.4. The van der Waals surface area contributed by atoms with E-state index in [0.717, 1.165) is 5.56 Å². The summed E-state index contributed by atoms with van der Waals surface area (Å²) in [4.78, 5) is 10.6. The quantitative estimate of drug-likeness (QED) is 0.508. The summed E-state index contributed by atoms with van der Waals surface area (Å²) in [6.07, 6.45) is 0. The Balaban J connectivity index is 2.15. The first-order chi connectivity index (χ1) is 9.15. The summed E-state index contributed by atoms with van der Waals surface area (Å²) < 4.78 is 10.3. The maximum absolute atomic E-state index is 11.0. The van der Waals surface area contributed by atoms with Crippen molar-refractivity contribution < 1.29 is 14.4 Å². The van der Waals surface area contributed by atoms with Gasteiger partial charge in [-0.05, 0) is 29.3 Å². The summed E-state index contributed by atoms with van der Waals surface area (Å²) in [5.41, 5.74) is 7.68. The van der Waals surface area contributed by atoms with Crippen LogP contribution in [0, 0.1) is 10.1 Å². The second-order valence-electron chi connectivity index (χ2n) is 4.11. The van der Waals surface area contributed by atoms with Crippen molar-refractivity contribution in [3.05, 3.63) is 46.5 Å². The lowest BCUT2D eigenvalue weighted by atomic mass is 10.0. The van der Waals surface area contributed by atoms with Crippen LogP contribution in [0.2, 0.25) is 0 Å². The number of nitrogens with zero attached hydrogens (tertiary/aromatic N) is 1. The molecule has 0 spiro atoms. The van der Waals surface area contributed by atoms with Gasteiger partial charge in [0, 0.05) is 11.8 Å². The van der Waals surface area contributed by atoms with Crippen LogP contribution in [0.15, 0.2) is 36.4 Å². The fourth-order valence-corrected chi connectivity index (χ4v) is 1.97. The standard InChI is InChI=1S/C13H10N2O4/c14-10-3-1-8(2-4-10)9-5-11(15(16)17)13-12(6-9)18-7-19-13/h1-6H,7,14H2. The van der Waals surface area contributed by atoms with E-state index in [4.69, 9.17) is 15.2 Å². The van der Waals surface area contributed by atoms with Crippen molar-refractivity contribution >= 4 is 11.4 Å². The van der Waals surface area contributed by atoms with Gasteiger partial charge in [-0.3, -0.25) is 10.1 Å². The predicted octanol–water partition coefficient (Wildman–Crippen LogP) is 2.57. The van der Waals surface area contributed by atoms with Crippen LogP contribution < -0.4 is 15.2 Å². The number of nitro benzene ring substituents is 1. The zero-order valence-electron chi connectivity index (χ0n) is 9.83. The van der Waals surface area contributed by atoms with E-state index in [2.05, 4.69) is 0 Å². The molecule has 1 heterocycles. The van der Waals surface area contributed by atoms with Crippen molar-refractivity contribution in [1.29, 1.82) is 0 Å². The van der Waals surface area contributed by atoms with E-state index in [1.165, 1.54) is 6.07 Å². The fraction of sp³-hybridized carbons (Fsp3) is 0.0769. The highest BCUT2D eigenvalue weighted by molar-refractivity contribution is 5.74. The molecule has 2 aromatic carbocycles. The number of benzene rings is 2. The maximum atomic E-state index is 11.0. The number of hydrogen-bond acceptors (Lipinski definition) is 5. The summed E-state index contributed by atoms with van der Waals surface area (Å²) in [5.74, 6) is 0.574. The van der Waals surface area contributed by atoms with Crippen LogP contribution in [0.25, 0.3) is 11.1 Å². The van der Waals surface area contributed by atoms with Gasteiger partial charge in [-0.2, -0.15) is 0 Å². The third kappa shape index (κ3) is 1.93. The first-order valence-electron chi connectivity index (χ1n) is 5.59. The van der Waals surface area contributed by atoms with Gasteiger partial charge < -0.3 is 15.2 Å². The number of nitrogen functional groups attached to an aromatic ring is 1. The first-order valence-corrected chi connectivity index (χ1v) is 5.59. The van der Waals surface area contributed by atoms with Gasteiger partial charge in [0.25, 0.3) is 0 Å². The van der Waals surface area contributed by atoms with Gasteiger partial charge in [0.2, 0.25) is 12.5 Å². The van der Waals surface area contributed by atoms with Gasteiger partial charge in [-0.1, -0.05) is 12.1 Å². The Labute approximate surface area is 108 Å². The highest BCUT2D eigenvalue weighted by Gasteiger charge is 2.26. The van der Waals surface area contributed by atoms with Crippen molar-refractivity contribution in [1.82, 2.24) is 0 Å². The minimum atomic E-state index is -0.478. The van der Waals surface area contributed by atoms with E-state index in [1.54, 1.807) is 30.3 Å². The van der Waals surface area contributed by atoms with Crippen LogP contribution >= 0.6 is 0 Å². The molecule has 2 aromatic rings. The molecule has 1 aliphatic heterocycles. The van der Waals surface area contributed by atoms with Crippen molar-refractivity contribution in [2.45, 2.75) is 0 Å². The SMILES string of the molecule is Nc1ccc(-c2cc3c(c([N+](=O)[O-])c2)OCO3)cc1. The zero-order valence-corrected chi connectivity index (χ0v) is 9.83. The molecule has 3 rings (SSSR count). The van der Waals surface area contributed by atoms with Gasteiger partial charge in [-0.25, -0.2) is 0 Å². The average molecular weight is 258 g/mol. The Morgan fingerprint density at radius 3 is 2.53 bits per heavy atom. The van der Waals surface area contributed by atoms with Crippen LogP contribution in [-0.4, -0.2) is 11.7 Å². The van der Waals surface area contributed by atoms with Gasteiger partial charge in [0.1, 0.15) is 0 Å². The Morgan fingerprint density at radius 1 is 1.11 bits per heavy atom. The molecule has 0 saturated heterocycles. The molecule has 0 unspecified atom stereocenters. The topological polar surface area (TPSA) is 87.6 Å². The fourth-order valence-electron chi connectivity index (χ4n) is 1.97. The smallest absolute Gasteiger partial charge is 0.315 e. The molecule has 96 valence electrons. The molecule has 19 heavy (non-hydrogen) atoms. The second kappa shape index (κ2) is 4.16. The summed E-state index contributed by atoms with van der Waals surface area (Å²) >= 11 is 0. The van der Waals surface area contributed by atoms with Crippen molar-refractivity contribution in [3.8, 4) is 22.6 Å². The van der Waals surface area contributed by atoms with E-state index in [9.17, 15) is 10.1 Å². The molecule has 0 bridgehead atoms. The van der Waals surface area contributed by atoms with Gasteiger partial charge >= 0.3 is 5.69 Å². The van der Waals surface area contributed by atoms with E-state index in [-0.39, 0.29) is 18.2 Å². The second-order valence-corrected chi connectivity index (χ2v) is 4.11. The number of nitro groups is 1. The monoisotopic (exact) mass is 258 g/mol. The largest absolute Gasteiger partial charge is 0.453 e. The Morgan fingerprint density at radius 2 is 1.84 bits per heavy atom. The third-order valence-corrected chi connectivity index (χ3v) is 2.89. The number of nitrogens with two attached hydrogens (primary N) is 1. The average Bonchev–Trinajstić information content (AvgIpc) is 2.86. The minimum absolute atomic E-state index is 0.00135. The van der Waals surface area contributed by atoms with Gasteiger partial charge in [0.15, 0.2) is 5.75 Å². The van der Waals surface area contributed by atoms with Crippen LogP contribution in [0.1, 0.15) is 0 Å². The molecule has 1 aliphatic rings. The Hall–Kier alpha value is -2.76. The van der Waals surface area contributed by atoms with Crippen molar-refractivity contribution in [2.75, 3.05) is 12.5 Å². The molecule has 6 heteroatoms.